The van der Waals surface area contributed by atoms with Crippen molar-refractivity contribution in [1.29, 1.82) is 0 Å². The number of nitrogens with zero attached hydrogens (tertiary/aromatic N) is 2. The summed E-state index contributed by atoms with van der Waals surface area (Å²) in [6.07, 6.45) is 0. The third-order valence-electron chi connectivity index (χ3n) is 3.49. The number of nitro benzene ring substituents is 1. The number of likely N-dealkylation sites (N-methyl/N-ethyl adjacent to an activating group) is 1. The summed E-state index contributed by atoms with van der Waals surface area (Å²) in [4.78, 5) is 23.6. The number of carbonyl (C=O) groups is 1. The lowest BCUT2D eigenvalue weighted by Crippen LogP contribution is -2.31. The molecule has 0 bridgehead atoms. The van der Waals surface area contributed by atoms with Crippen LogP contribution in [0.1, 0.15) is 29.8 Å². The molecule has 0 spiro atoms. The largest absolute Gasteiger partial charge is 0.478 e. The molecule has 0 amide bonds. The number of anilines is 1. The highest BCUT2D eigenvalue weighted by molar-refractivity contribution is 5.90. The predicted octanol–water partition coefficient (Wildman–Crippen LogP) is 2.35. The summed E-state index contributed by atoms with van der Waals surface area (Å²) in [7, 11) is 1.98. The van der Waals surface area contributed by atoms with E-state index in [1.54, 1.807) is 6.92 Å². The molecule has 0 fully saturated rings. The minimum Gasteiger partial charge on any atom is -0.478 e. The fourth-order valence-electron chi connectivity index (χ4n) is 1.82. The van der Waals surface area contributed by atoms with Crippen LogP contribution in [0.15, 0.2) is 12.1 Å². The van der Waals surface area contributed by atoms with Crippen LogP contribution in [-0.4, -0.2) is 47.1 Å². The Morgan fingerprint density at radius 1 is 1.48 bits per heavy atom. The van der Waals surface area contributed by atoms with Crippen LogP contribution in [0, 0.1) is 17.0 Å². The number of carboxylic acid groups (broad SMARTS) is 1. The van der Waals surface area contributed by atoms with Crippen molar-refractivity contribution in [3.05, 3.63) is 33.4 Å². The maximum absolute atomic E-state index is 11.1. The Kier molecular flexibility index (Phi) is 5.66. The molecule has 7 nitrogen and oxygen atoms in total. The van der Waals surface area contributed by atoms with Gasteiger partial charge in [-0.25, -0.2) is 4.79 Å². The average Bonchev–Trinajstić information content (AvgIpc) is 2.39. The molecule has 0 aliphatic rings. The monoisotopic (exact) mass is 295 g/mol. The Hall–Kier alpha value is -2.15. The van der Waals surface area contributed by atoms with E-state index in [9.17, 15) is 14.9 Å². The molecule has 0 aliphatic heterocycles. The Morgan fingerprint density at radius 2 is 2.10 bits per heavy atom. The van der Waals surface area contributed by atoms with Gasteiger partial charge in [-0.15, -0.1) is 0 Å². The summed E-state index contributed by atoms with van der Waals surface area (Å²) < 4.78 is 0. The summed E-state index contributed by atoms with van der Waals surface area (Å²) in [6, 6.07) is 2.91. The van der Waals surface area contributed by atoms with Crippen LogP contribution in [0.3, 0.4) is 0 Å². The number of carboxylic acids is 1. The Bertz CT molecular complexity index is 543. The quantitative estimate of drug-likeness (QED) is 0.592. The van der Waals surface area contributed by atoms with Crippen molar-refractivity contribution in [3.8, 4) is 0 Å². The van der Waals surface area contributed by atoms with Crippen LogP contribution in [0.2, 0.25) is 0 Å². The van der Waals surface area contributed by atoms with Crippen LogP contribution < -0.4 is 5.32 Å². The number of hydrogen-bond acceptors (Lipinski definition) is 5. The van der Waals surface area contributed by atoms with Gasteiger partial charge in [0.1, 0.15) is 0 Å². The Balaban J connectivity index is 2.95. The molecule has 0 heterocycles. The van der Waals surface area contributed by atoms with Gasteiger partial charge in [-0.3, -0.25) is 10.1 Å². The van der Waals surface area contributed by atoms with Crippen molar-refractivity contribution in [2.75, 3.05) is 25.5 Å². The van der Waals surface area contributed by atoms with E-state index in [-0.39, 0.29) is 11.3 Å². The lowest BCUT2D eigenvalue weighted by Gasteiger charge is -2.21. The van der Waals surface area contributed by atoms with E-state index >= 15 is 0 Å². The molecule has 0 radical (unpaired) electrons. The number of aromatic carboxylic acids is 1. The van der Waals surface area contributed by atoms with E-state index in [0.717, 1.165) is 12.6 Å². The smallest absolute Gasteiger partial charge is 0.336 e. The molecular weight excluding hydrogens is 274 g/mol. The highest BCUT2D eigenvalue weighted by Crippen LogP contribution is 2.27. The van der Waals surface area contributed by atoms with Crippen LogP contribution in [0.5, 0.6) is 0 Å². The molecule has 1 aromatic rings. The van der Waals surface area contributed by atoms with E-state index < -0.39 is 10.9 Å². The first-order valence-electron chi connectivity index (χ1n) is 6.70. The van der Waals surface area contributed by atoms with Gasteiger partial charge in [-0.2, -0.15) is 0 Å². The third kappa shape index (κ3) is 4.42. The molecule has 0 atom stereocenters. The van der Waals surface area contributed by atoms with Gasteiger partial charge in [0.25, 0.3) is 5.69 Å². The molecule has 0 saturated heterocycles. The number of rotatable bonds is 7. The topological polar surface area (TPSA) is 95.7 Å². The van der Waals surface area contributed by atoms with Crippen molar-refractivity contribution in [2.24, 2.45) is 0 Å². The Labute approximate surface area is 123 Å². The number of nitrogens with one attached hydrogen (secondary N) is 1. The van der Waals surface area contributed by atoms with Gasteiger partial charge in [0.2, 0.25) is 0 Å². The zero-order valence-electron chi connectivity index (χ0n) is 12.7. The lowest BCUT2D eigenvalue weighted by atomic mass is 10.1. The Morgan fingerprint density at radius 3 is 2.57 bits per heavy atom. The number of hydrogen-bond donors (Lipinski definition) is 2. The van der Waals surface area contributed by atoms with E-state index in [1.165, 1.54) is 6.07 Å². The highest BCUT2D eigenvalue weighted by Gasteiger charge is 2.18. The number of benzene rings is 1. The molecular formula is C14H21N3O4. The second-order valence-electron chi connectivity index (χ2n) is 5.23. The molecule has 2 N–H and O–H groups in total. The fourth-order valence-corrected chi connectivity index (χ4v) is 1.82. The van der Waals surface area contributed by atoms with Crippen molar-refractivity contribution in [3.63, 3.8) is 0 Å². The van der Waals surface area contributed by atoms with Crippen molar-refractivity contribution >= 4 is 17.3 Å². The molecule has 0 unspecified atom stereocenters. The normalized spacial score (nSPS) is 11.0. The minimum atomic E-state index is -1.18. The maximum atomic E-state index is 11.1. The van der Waals surface area contributed by atoms with E-state index in [0.29, 0.717) is 23.8 Å². The molecule has 0 saturated carbocycles. The van der Waals surface area contributed by atoms with Gasteiger partial charge in [0, 0.05) is 36.4 Å². The molecule has 0 aromatic heterocycles. The van der Waals surface area contributed by atoms with Gasteiger partial charge in [-0.05, 0) is 33.9 Å². The zero-order valence-corrected chi connectivity index (χ0v) is 12.7. The lowest BCUT2D eigenvalue weighted by molar-refractivity contribution is -0.385. The van der Waals surface area contributed by atoms with Crippen LogP contribution >= 0.6 is 0 Å². The standard InChI is InChI=1S/C14H21N3O4/c1-9(2)16(4)6-5-15-12-7-11(14(18)19)8-13(10(12)3)17(20)21/h7-9,15H,5-6H2,1-4H3,(H,18,19). The summed E-state index contributed by atoms with van der Waals surface area (Å²) in [6.45, 7) is 7.08. The molecule has 116 valence electrons. The van der Waals surface area contributed by atoms with Gasteiger partial charge >= 0.3 is 5.97 Å². The summed E-state index contributed by atoms with van der Waals surface area (Å²) in [5, 5.41) is 23.1. The van der Waals surface area contributed by atoms with Crippen LogP contribution in [-0.2, 0) is 0 Å². The van der Waals surface area contributed by atoms with Gasteiger partial charge in [0.15, 0.2) is 0 Å². The van der Waals surface area contributed by atoms with Crippen molar-refractivity contribution < 1.29 is 14.8 Å². The van der Waals surface area contributed by atoms with Gasteiger partial charge in [0.05, 0.1) is 10.5 Å². The molecule has 0 aliphatic carbocycles. The molecule has 1 aromatic carbocycles. The van der Waals surface area contributed by atoms with Crippen LogP contribution in [0.25, 0.3) is 0 Å². The first kappa shape index (κ1) is 16.9. The van der Waals surface area contributed by atoms with Gasteiger partial charge < -0.3 is 15.3 Å². The first-order chi connectivity index (χ1) is 9.73. The second-order valence-corrected chi connectivity index (χ2v) is 5.23. The van der Waals surface area contributed by atoms with E-state index in [4.69, 9.17) is 5.11 Å². The molecule has 7 heteroatoms. The van der Waals surface area contributed by atoms with E-state index in [2.05, 4.69) is 24.1 Å². The first-order valence-corrected chi connectivity index (χ1v) is 6.70. The summed E-state index contributed by atoms with van der Waals surface area (Å²) in [5.41, 5.74) is 0.651. The van der Waals surface area contributed by atoms with E-state index in [1.807, 2.05) is 7.05 Å². The second kappa shape index (κ2) is 7.03. The molecule has 1 rings (SSSR count). The third-order valence-corrected chi connectivity index (χ3v) is 3.49. The maximum Gasteiger partial charge on any atom is 0.336 e. The average molecular weight is 295 g/mol. The zero-order chi connectivity index (χ0) is 16.2. The fraction of sp³-hybridized carbons (Fsp3) is 0.500. The highest BCUT2D eigenvalue weighted by atomic mass is 16.6. The van der Waals surface area contributed by atoms with Gasteiger partial charge in [-0.1, -0.05) is 0 Å². The van der Waals surface area contributed by atoms with Crippen LogP contribution in [0.4, 0.5) is 11.4 Å². The minimum absolute atomic E-state index is 0.0907. The summed E-state index contributed by atoms with van der Waals surface area (Å²) in [5.74, 6) is -1.18. The predicted molar refractivity (Wildman–Crippen MR) is 81.0 cm³/mol. The molecule has 21 heavy (non-hydrogen) atoms. The van der Waals surface area contributed by atoms with Crippen molar-refractivity contribution in [1.82, 2.24) is 4.90 Å². The summed E-state index contributed by atoms with van der Waals surface area (Å²) >= 11 is 0. The SMILES string of the molecule is Cc1c(NCCN(C)C(C)C)cc(C(=O)O)cc1[N+](=O)[O-]. The number of nitro groups is 1. The van der Waals surface area contributed by atoms with Crippen molar-refractivity contribution in [2.45, 2.75) is 26.8 Å².